The highest BCUT2D eigenvalue weighted by Crippen LogP contribution is 2.33. The monoisotopic (exact) mass is 454 g/mol. The van der Waals surface area contributed by atoms with Gasteiger partial charge in [-0.05, 0) is 62.1 Å². The number of hydrogen-bond donors (Lipinski definition) is 1. The van der Waals surface area contributed by atoms with Crippen LogP contribution in [0.1, 0.15) is 24.0 Å². The highest BCUT2D eigenvalue weighted by molar-refractivity contribution is 7.93. The van der Waals surface area contributed by atoms with Gasteiger partial charge in [-0.3, -0.25) is 9.03 Å². The first-order chi connectivity index (χ1) is 14.1. The largest absolute Gasteiger partial charge is 0.493 e. The van der Waals surface area contributed by atoms with Crippen molar-refractivity contribution in [2.75, 3.05) is 35.5 Å². The summed E-state index contributed by atoms with van der Waals surface area (Å²) >= 11 is 0. The van der Waals surface area contributed by atoms with Crippen LogP contribution in [0.4, 0.5) is 11.4 Å². The molecular formula is C20H26N2O6S2. The smallest absolute Gasteiger partial charge is 0.262 e. The second kappa shape index (κ2) is 8.35. The summed E-state index contributed by atoms with van der Waals surface area (Å²) in [5.41, 5.74) is 1.77. The van der Waals surface area contributed by atoms with Gasteiger partial charge in [0.2, 0.25) is 10.0 Å². The number of nitrogens with one attached hydrogen (secondary N) is 1. The fraction of sp³-hybridized carbons (Fsp3) is 0.400. The van der Waals surface area contributed by atoms with Crippen molar-refractivity contribution < 1.29 is 26.3 Å². The maximum absolute atomic E-state index is 13.1. The van der Waals surface area contributed by atoms with Crippen LogP contribution in [0.25, 0.3) is 0 Å². The molecule has 1 N–H and O–H groups in total. The molecule has 164 valence electrons. The third kappa shape index (κ3) is 4.34. The lowest BCUT2D eigenvalue weighted by Gasteiger charge is -2.29. The Labute approximate surface area is 177 Å². The van der Waals surface area contributed by atoms with Gasteiger partial charge in [0.1, 0.15) is 0 Å². The van der Waals surface area contributed by atoms with E-state index in [1.807, 2.05) is 0 Å². The summed E-state index contributed by atoms with van der Waals surface area (Å²) in [7, 11) is -4.32. The van der Waals surface area contributed by atoms with Crippen molar-refractivity contribution >= 4 is 31.4 Å². The summed E-state index contributed by atoms with van der Waals surface area (Å²) in [5.74, 6) is 0.989. The lowest BCUT2D eigenvalue weighted by molar-refractivity contribution is 0.355. The Morgan fingerprint density at radius 2 is 1.60 bits per heavy atom. The van der Waals surface area contributed by atoms with Gasteiger partial charge in [0, 0.05) is 12.6 Å². The van der Waals surface area contributed by atoms with E-state index in [-0.39, 0.29) is 10.6 Å². The van der Waals surface area contributed by atoms with Crippen molar-refractivity contribution in [1.82, 2.24) is 0 Å². The fourth-order valence-corrected chi connectivity index (χ4v) is 6.81. The average Bonchev–Trinajstić information content (AvgIpc) is 2.66. The van der Waals surface area contributed by atoms with Crippen LogP contribution < -0.4 is 18.5 Å². The predicted octanol–water partition coefficient (Wildman–Crippen LogP) is 3.05. The standard InChI is InChI=1S/C20H26N2O6S2/c1-14-11-17(22-9-5-6-10-29(22,23)24)12-15(2)20(14)30(25,26)21-16-7-8-18(27-3)19(13-16)28-4/h7-8,11-13,21H,5-6,9-10H2,1-4H3. The number of rotatable bonds is 6. The molecule has 30 heavy (non-hydrogen) atoms. The normalized spacial score (nSPS) is 16.2. The number of hydrogen-bond acceptors (Lipinski definition) is 6. The number of ether oxygens (including phenoxy) is 2. The van der Waals surface area contributed by atoms with Crippen LogP contribution in [0.15, 0.2) is 35.2 Å². The van der Waals surface area contributed by atoms with Crippen LogP contribution in [0.5, 0.6) is 11.5 Å². The van der Waals surface area contributed by atoms with Gasteiger partial charge in [-0.1, -0.05) is 0 Å². The van der Waals surface area contributed by atoms with Crippen LogP contribution in [0, 0.1) is 13.8 Å². The molecular weight excluding hydrogens is 428 g/mol. The molecule has 2 aromatic carbocycles. The Morgan fingerprint density at radius 1 is 0.967 bits per heavy atom. The first kappa shape index (κ1) is 22.2. The van der Waals surface area contributed by atoms with Crippen molar-refractivity contribution in [2.45, 2.75) is 31.6 Å². The van der Waals surface area contributed by atoms with Crippen LogP contribution >= 0.6 is 0 Å². The van der Waals surface area contributed by atoms with Crippen molar-refractivity contribution in [2.24, 2.45) is 0 Å². The molecule has 1 saturated heterocycles. The molecule has 0 unspecified atom stereocenters. The molecule has 0 amide bonds. The van der Waals surface area contributed by atoms with Gasteiger partial charge < -0.3 is 9.47 Å². The molecule has 0 spiro atoms. The summed E-state index contributed by atoms with van der Waals surface area (Å²) < 4.78 is 65.4. The van der Waals surface area contributed by atoms with Crippen molar-refractivity contribution in [3.05, 3.63) is 41.5 Å². The third-order valence-corrected chi connectivity index (χ3v) is 8.54. The van der Waals surface area contributed by atoms with Crippen molar-refractivity contribution in [1.29, 1.82) is 0 Å². The Bertz CT molecular complexity index is 1140. The van der Waals surface area contributed by atoms with E-state index < -0.39 is 20.0 Å². The van der Waals surface area contributed by atoms with E-state index >= 15 is 0 Å². The number of methoxy groups -OCH3 is 2. The molecule has 2 aromatic rings. The number of nitrogens with zero attached hydrogens (tertiary/aromatic N) is 1. The van der Waals surface area contributed by atoms with Gasteiger partial charge in [0.15, 0.2) is 11.5 Å². The van der Waals surface area contributed by atoms with Gasteiger partial charge in [-0.15, -0.1) is 0 Å². The van der Waals surface area contributed by atoms with E-state index in [4.69, 9.17) is 9.47 Å². The minimum atomic E-state index is -3.91. The van der Waals surface area contributed by atoms with E-state index in [1.165, 1.54) is 24.6 Å². The van der Waals surface area contributed by atoms with E-state index in [0.29, 0.717) is 47.0 Å². The maximum Gasteiger partial charge on any atom is 0.262 e. The van der Waals surface area contributed by atoms with Crippen molar-refractivity contribution in [3.63, 3.8) is 0 Å². The fourth-order valence-electron chi connectivity index (χ4n) is 3.68. The van der Waals surface area contributed by atoms with E-state index in [2.05, 4.69) is 4.72 Å². The van der Waals surface area contributed by atoms with Gasteiger partial charge in [0.05, 0.1) is 36.2 Å². The van der Waals surface area contributed by atoms with E-state index in [0.717, 1.165) is 6.42 Å². The summed E-state index contributed by atoms with van der Waals surface area (Å²) in [6.45, 7) is 3.73. The highest BCUT2D eigenvalue weighted by Gasteiger charge is 2.28. The van der Waals surface area contributed by atoms with Gasteiger partial charge in [-0.2, -0.15) is 0 Å². The topological polar surface area (TPSA) is 102 Å². The van der Waals surface area contributed by atoms with E-state index in [1.54, 1.807) is 38.1 Å². The molecule has 8 nitrogen and oxygen atoms in total. The SMILES string of the molecule is COc1ccc(NS(=O)(=O)c2c(C)cc(N3CCCCS3(=O)=O)cc2C)cc1OC. The molecule has 1 fully saturated rings. The molecule has 10 heteroatoms. The Morgan fingerprint density at radius 3 is 2.17 bits per heavy atom. The molecule has 0 aliphatic carbocycles. The van der Waals surface area contributed by atoms with Crippen molar-refractivity contribution in [3.8, 4) is 11.5 Å². The molecule has 3 rings (SSSR count). The molecule has 0 atom stereocenters. The van der Waals surface area contributed by atoms with Gasteiger partial charge in [0.25, 0.3) is 10.0 Å². The summed E-state index contributed by atoms with van der Waals surface area (Å²) in [6.07, 6.45) is 1.41. The maximum atomic E-state index is 13.1. The zero-order chi connectivity index (χ0) is 22.1. The minimum absolute atomic E-state index is 0.103. The first-order valence-corrected chi connectivity index (χ1v) is 12.5. The average molecular weight is 455 g/mol. The lowest BCUT2D eigenvalue weighted by atomic mass is 10.1. The molecule has 0 bridgehead atoms. The Balaban J connectivity index is 1.97. The van der Waals surface area contributed by atoms with Crippen LogP contribution in [-0.4, -0.2) is 43.4 Å². The van der Waals surface area contributed by atoms with Gasteiger partial charge >= 0.3 is 0 Å². The number of benzene rings is 2. The predicted molar refractivity (Wildman–Crippen MR) is 117 cm³/mol. The van der Waals surface area contributed by atoms with E-state index in [9.17, 15) is 16.8 Å². The van der Waals surface area contributed by atoms with Crippen LogP contribution in [0.2, 0.25) is 0 Å². The Kier molecular flexibility index (Phi) is 6.19. The second-order valence-corrected chi connectivity index (χ2v) is 10.8. The molecule has 0 aromatic heterocycles. The number of anilines is 2. The lowest BCUT2D eigenvalue weighted by Crippen LogP contribution is -2.38. The molecule has 1 aliphatic heterocycles. The summed E-state index contributed by atoms with van der Waals surface area (Å²) in [4.78, 5) is 0.121. The first-order valence-electron chi connectivity index (χ1n) is 9.45. The number of aryl methyl sites for hydroxylation is 2. The molecule has 0 saturated carbocycles. The zero-order valence-electron chi connectivity index (χ0n) is 17.4. The van der Waals surface area contributed by atoms with Gasteiger partial charge in [-0.25, -0.2) is 16.8 Å². The zero-order valence-corrected chi connectivity index (χ0v) is 19.1. The minimum Gasteiger partial charge on any atom is -0.493 e. The molecule has 0 radical (unpaired) electrons. The van der Waals surface area contributed by atoms with Crippen LogP contribution in [0.3, 0.4) is 0 Å². The quantitative estimate of drug-likeness (QED) is 0.720. The second-order valence-electron chi connectivity index (χ2n) is 7.18. The molecule has 1 aliphatic rings. The third-order valence-electron chi connectivity index (χ3n) is 4.99. The Hall–Kier alpha value is -2.46. The number of sulfonamides is 2. The summed E-state index contributed by atoms with van der Waals surface area (Å²) in [5, 5.41) is 0. The van der Waals surface area contributed by atoms with Crippen LogP contribution in [-0.2, 0) is 20.0 Å². The summed E-state index contributed by atoms with van der Waals surface area (Å²) in [6, 6.07) is 7.95. The molecule has 1 heterocycles. The highest BCUT2D eigenvalue weighted by atomic mass is 32.2.